The minimum absolute atomic E-state index is 0. The average Bonchev–Trinajstić information content (AvgIpc) is 2.75. The van der Waals surface area contributed by atoms with Crippen LogP contribution in [0.3, 0.4) is 0 Å². The summed E-state index contributed by atoms with van der Waals surface area (Å²) in [5.74, 6) is 1.45. The molecule has 0 aliphatic rings. The van der Waals surface area contributed by atoms with Gasteiger partial charge in [0, 0.05) is 44.0 Å². The van der Waals surface area contributed by atoms with E-state index in [1.165, 1.54) is 0 Å². The predicted molar refractivity (Wildman–Crippen MR) is 141 cm³/mol. The number of hydrogen-bond donors (Lipinski definition) is 2. The molecule has 1 aromatic carbocycles. The number of halogens is 1. The van der Waals surface area contributed by atoms with Gasteiger partial charge in [-0.1, -0.05) is 18.2 Å². The maximum atomic E-state index is 12.5. The Balaban J connectivity index is 0.00000512. The molecule has 0 aliphatic carbocycles. The summed E-state index contributed by atoms with van der Waals surface area (Å²) in [6, 6.07) is 11.9. The topological polar surface area (TPSA) is 78.9 Å². The fraction of sp³-hybridized carbons (Fsp3) is 0.458. The second-order valence-electron chi connectivity index (χ2n) is 7.71. The first kappa shape index (κ1) is 27.7. The Kier molecular flexibility index (Phi) is 12.7. The molecule has 1 amide bonds. The monoisotopic (exact) mass is 553 g/mol. The molecule has 1 aromatic heterocycles. The number of carbonyl (C=O) groups is 1. The van der Waals surface area contributed by atoms with Crippen LogP contribution in [0, 0.1) is 6.92 Å². The maximum Gasteiger partial charge on any atom is 0.241 e. The number of guanidine groups is 1. The van der Waals surface area contributed by atoms with Gasteiger partial charge in [0.25, 0.3) is 0 Å². The fourth-order valence-corrected chi connectivity index (χ4v) is 2.91. The van der Waals surface area contributed by atoms with Crippen molar-refractivity contribution in [1.29, 1.82) is 0 Å². The molecule has 0 spiro atoms. The summed E-state index contributed by atoms with van der Waals surface area (Å²) in [6.45, 7) is 10.0. The fourth-order valence-electron chi connectivity index (χ4n) is 2.91. The number of aromatic nitrogens is 1. The third-order valence-electron chi connectivity index (χ3n) is 4.60. The molecule has 0 saturated heterocycles. The van der Waals surface area contributed by atoms with Crippen molar-refractivity contribution in [3.05, 3.63) is 59.4 Å². The van der Waals surface area contributed by atoms with Gasteiger partial charge in [0.2, 0.25) is 5.91 Å². The van der Waals surface area contributed by atoms with Crippen LogP contribution in [0.1, 0.15) is 37.6 Å². The van der Waals surface area contributed by atoms with E-state index in [9.17, 15) is 4.79 Å². The zero-order valence-corrected chi connectivity index (χ0v) is 22.1. The molecule has 2 aromatic rings. The first-order valence-corrected chi connectivity index (χ1v) is 10.8. The third kappa shape index (κ3) is 9.84. The molecule has 7 nitrogen and oxygen atoms in total. The number of benzene rings is 1. The van der Waals surface area contributed by atoms with Crippen molar-refractivity contribution in [3.8, 4) is 5.75 Å². The molecule has 0 radical (unpaired) electrons. The van der Waals surface area contributed by atoms with Crippen LogP contribution >= 0.6 is 24.0 Å². The Hall–Kier alpha value is -2.36. The third-order valence-corrected chi connectivity index (χ3v) is 4.60. The number of nitrogens with zero attached hydrogens (tertiary/aromatic N) is 3. The molecule has 176 valence electrons. The molecule has 0 saturated carbocycles. The number of amides is 1. The van der Waals surface area contributed by atoms with E-state index in [-0.39, 0.29) is 42.5 Å². The number of ether oxygens (including phenoxy) is 1. The van der Waals surface area contributed by atoms with Gasteiger partial charge in [-0.05, 0) is 51.5 Å². The van der Waals surface area contributed by atoms with Gasteiger partial charge in [-0.2, -0.15) is 0 Å². The molecule has 1 heterocycles. The molecule has 0 atom stereocenters. The van der Waals surface area contributed by atoms with E-state index in [0.29, 0.717) is 25.6 Å². The lowest BCUT2D eigenvalue weighted by atomic mass is 10.1. The van der Waals surface area contributed by atoms with Crippen LogP contribution in [0.2, 0.25) is 0 Å². The maximum absolute atomic E-state index is 12.5. The van der Waals surface area contributed by atoms with Crippen molar-refractivity contribution in [1.82, 2.24) is 20.5 Å². The number of aliphatic imine (C=N–C) groups is 1. The second kappa shape index (κ2) is 14.7. The van der Waals surface area contributed by atoms with Crippen molar-refractivity contribution < 1.29 is 9.53 Å². The van der Waals surface area contributed by atoms with Gasteiger partial charge in [0.15, 0.2) is 5.96 Å². The van der Waals surface area contributed by atoms with E-state index in [1.54, 1.807) is 18.1 Å². The van der Waals surface area contributed by atoms with E-state index in [2.05, 4.69) is 26.7 Å². The van der Waals surface area contributed by atoms with Crippen molar-refractivity contribution in [2.24, 2.45) is 4.99 Å². The minimum atomic E-state index is 0. The summed E-state index contributed by atoms with van der Waals surface area (Å²) in [7, 11) is 1.80. The Morgan fingerprint density at radius 1 is 1.22 bits per heavy atom. The predicted octanol–water partition coefficient (Wildman–Crippen LogP) is 3.55. The van der Waals surface area contributed by atoms with Gasteiger partial charge in [0.05, 0.1) is 19.2 Å². The first-order valence-electron chi connectivity index (χ1n) is 10.8. The number of rotatable bonds is 10. The van der Waals surface area contributed by atoms with Gasteiger partial charge in [-0.25, -0.2) is 4.99 Å². The van der Waals surface area contributed by atoms with Crippen LogP contribution in [0.15, 0.2) is 47.6 Å². The highest BCUT2D eigenvalue weighted by Gasteiger charge is 2.11. The van der Waals surface area contributed by atoms with Crippen molar-refractivity contribution in [2.75, 3.05) is 26.7 Å². The van der Waals surface area contributed by atoms with Crippen LogP contribution in [0.5, 0.6) is 5.75 Å². The van der Waals surface area contributed by atoms with E-state index in [4.69, 9.17) is 4.74 Å². The number of likely N-dealkylation sites (N-methyl/N-ethyl adjacent to an activating group) is 1. The average molecular weight is 553 g/mol. The van der Waals surface area contributed by atoms with Crippen molar-refractivity contribution >= 4 is 35.8 Å². The highest BCUT2D eigenvalue weighted by atomic mass is 127. The molecule has 2 rings (SSSR count). The molecular weight excluding hydrogens is 517 g/mol. The molecule has 0 aliphatic heterocycles. The zero-order valence-electron chi connectivity index (χ0n) is 19.7. The number of pyridine rings is 1. The zero-order chi connectivity index (χ0) is 22.6. The largest absolute Gasteiger partial charge is 0.491 e. The van der Waals surface area contributed by atoms with Gasteiger partial charge < -0.3 is 20.3 Å². The summed E-state index contributed by atoms with van der Waals surface area (Å²) >= 11 is 0. The smallest absolute Gasteiger partial charge is 0.241 e. The van der Waals surface area contributed by atoms with E-state index >= 15 is 0 Å². The lowest BCUT2D eigenvalue weighted by Gasteiger charge is -2.19. The number of nitrogens with one attached hydrogen (secondary N) is 2. The molecule has 8 heteroatoms. The van der Waals surface area contributed by atoms with Crippen LogP contribution in [0.25, 0.3) is 0 Å². The summed E-state index contributed by atoms with van der Waals surface area (Å²) < 4.78 is 5.94. The van der Waals surface area contributed by atoms with Gasteiger partial charge in [-0.3, -0.25) is 9.78 Å². The van der Waals surface area contributed by atoms with Gasteiger partial charge in [-0.15, -0.1) is 24.0 Å². The lowest BCUT2D eigenvalue weighted by Crippen LogP contribution is -2.44. The SMILES string of the molecule is CCNC(=NCc1ccc(C)cc1OC(C)C)NCC(=O)N(C)CCc1ccccn1.I. The normalized spacial score (nSPS) is 11.0. The highest BCUT2D eigenvalue weighted by molar-refractivity contribution is 14.0. The summed E-state index contributed by atoms with van der Waals surface area (Å²) in [4.78, 5) is 23.1. The van der Waals surface area contributed by atoms with Gasteiger partial charge in [0.1, 0.15) is 5.75 Å². The van der Waals surface area contributed by atoms with Gasteiger partial charge >= 0.3 is 0 Å². The van der Waals surface area contributed by atoms with E-state index in [1.807, 2.05) is 58.0 Å². The molecule has 0 fully saturated rings. The summed E-state index contributed by atoms with van der Waals surface area (Å²) in [5.41, 5.74) is 3.13. The van der Waals surface area contributed by atoms with Crippen LogP contribution in [-0.4, -0.2) is 54.5 Å². The summed E-state index contributed by atoms with van der Waals surface area (Å²) in [5, 5.41) is 6.33. The quantitative estimate of drug-likeness (QED) is 0.268. The van der Waals surface area contributed by atoms with Crippen LogP contribution in [-0.2, 0) is 17.8 Å². The number of carbonyl (C=O) groups excluding carboxylic acids is 1. The Bertz CT molecular complexity index is 859. The van der Waals surface area contributed by atoms with E-state index < -0.39 is 0 Å². The standard InChI is InChI=1S/C24H35N5O2.HI/c1-6-25-24(27-16-20-11-10-19(4)15-22(20)31-18(2)3)28-17-23(30)29(5)14-12-21-9-7-8-13-26-21;/h7-11,13,15,18H,6,12,14,16-17H2,1-5H3,(H2,25,27,28);1H. The van der Waals surface area contributed by atoms with Crippen LogP contribution < -0.4 is 15.4 Å². The summed E-state index contributed by atoms with van der Waals surface area (Å²) in [6.07, 6.45) is 2.59. The molecule has 0 unspecified atom stereocenters. The highest BCUT2D eigenvalue weighted by Crippen LogP contribution is 2.22. The second-order valence-corrected chi connectivity index (χ2v) is 7.71. The van der Waals surface area contributed by atoms with E-state index in [0.717, 1.165) is 29.0 Å². The first-order chi connectivity index (χ1) is 14.9. The Morgan fingerprint density at radius 3 is 2.66 bits per heavy atom. The molecule has 32 heavy (non-hydrogen) atoms. The molecule has 0 bridgehead atoms. The molecular formula is C24H36IN5O2. The van der Waals surface area contributed by atoms with Crippen molar-refractivity contribution in [3.63, 3.8) is 0 Å². The Labute approximate surface area is 209 Å². The number of aryl methyl sites for hydroxylation is 1. The Morgan fingerprint density at radius 2 is 2.00 bits per heavy atom. The molecule has 2 N–H and O–H groups in total. The van der Waals surface area contributed by atoms with Crippen molar-refractivity contribution in [2.45, 2.75) is 46.8 Å². The van der Waals surface area contributed by atoms with Crippen LogP contribution in [0.4, 0.5) is 0 Å². The minimum Gasteiger partial charge on any atom is -0.491 e. The number of hydrogen-bond acceptors (Lipinski definition) is 4. The lowest BCUT2D eigenvalue weighted by molar-refractivity contribution is -0.128.